The second-order valence-electron chi connectivity index (χ2n) is 7.23. The summed E-state index contributed by atoms with van der Waals surface area (Å²) in [6.07, 6.45) is 6.58. The molecule has 0 spiro atoms. The topological polar surface area (TPSA) is 109 Å². The van der Waals surface area contributed by atoms with Gasteiger partial charge in [-0.15, -0.1) is 6.42 Å². The Morgan fingerprint density at radius 3 is 2.60 bits per heavy atom. The van der Waals surface area contributed by atoms with Gasteiger partial charge in [0.15, 0.2) is 11.6 Å². The van der Waals surface area contributed by atoms with E-state index in [2.05, 4.69) is 16.0 Å². The van der Waals surface area contributed by atoms with Gasteiger partial charge in [0.05, 0.1) is 28.6 Å². The van der Waals surface area contributed by atoms with E-state index in [1.807, 2.05) is 30.3 Å². The van der Waals surface area contributed by atoms with E-state index in [-0.39, 0.29) is 36.0 Å². The van der Waals surface area contributed by atoms with Gasteiger partial charge < -0.3 is 9.47 Å². The first kappa shape index (κ1) is 23.2. The SMILES string of the molecule is C#CCOc1c(OCC)cc(C=Nn2c(-c3ccccc3)nc3ccccc3c2=O)cc1[N+](=O)[O-]. The smallest absolute Gasteiger partial charge is 0.315 e. The molecule has 0 atom stereocenters. The highest BCUT2D eigenvalue weighted by molar-refractivity contribution is 5.84. The van der Waals surface area contributed by atoms with E-state index in [9.17, 15) is 14.9 Å². The zero-order valence-electron chi connectivity index (χ0n) is 18.7. The van der Waals surface area contributed by atoms with E-state index >= 15 is 0 Å². The predicted octanol–water partition coefficient (Wildman–Crippen LogP) is 4.26. The summed E-state index contributed by atoms with van der Waals surface area (Å²) in [6, 6.07) is 18.9. The van der Waals surface area contributed by atoms with Gasteiger partial charge in [0.25, 0.3) is 5.56 Å². The van der Waals surface area contributed by atoms with E-state index in [0.717, 1.165) is 0 Å². The highest BCUT2D eigenvalue weighted by atomic mass is 16.6. The Hall–Kier alpha value is -4.97. The summed E-state index contributed by atoms with van der Waals surface area (Å²) < 4.78 is 12.1. The molecule has 9 nitrogen and oxygen atoms in total. The van der Waals surface area contributed by atoms with Crippen molar-refractivity contribution in [2.75, 3.05) is 13.2 Å². The molecule has 0 radical (unpaired) electrons. The molecule has 0 saturated heterocycles. The summed E-state index contributed by atoms with van der Waals surface area (Å²) in [5.41, 5.74) is 0.838. The Kier molecular flexibility index (Phi) is 6.83. The molecule has 0 aliphatic rings. The minimum atomic E-state index is -0.592. The molecule has 0 unspecified atom stereocenters. The summed E-state index contributed by atoms with van der Waals surface area (Å²) >= 11 is 0. The number of benzene rings is 3. The lowest BCUT2D eigenvalue weighted by Gasteiger charge is -2.12. The lowest BCUT2D eigenvalue weighted by Crippen LogP contribution is -2.20. The Morgan fingerprint density at radius 2 is 1.89 bits per heavy atom. The number of fused-ring (bicyclic) bond motifs is 1. The van der Waals surface area contributed by atoms with Crippen LogP contribution >= 0.6 is 0 Å². The van der Waals surface area contributed by atoms with Gasteiger partial charge in [-0.2, -0.15) is 9.78 Å². The van der Waals surface area contributed by atoms with Crippen LogP contribution in [0.5, 0.6) is 11.5 Å². The summed E-state index contributed by atoms with van der Waals surface area (Å²) in [6.45, 7) is 1.83. The van der Waals surface area contributed by atoms with E-state index in [1.54, 1.807) is 31.2 Å². The van der Waals surface area contributed by atoms with Crippen LogP contribution in [-0.2, 0) is 0 Å². The molecular formula is C26H20N4O5. The third kappa shape index (κ3) is 4.86. The predicted molar refractivity (Wildman–Crippen MR) is 133 cm³/mol. The zero-order chi connectivity index (χ0) is 24.8. The van der Waals surface area contributed by atoms with Crippen LogP contribution in [0, 0.1) is 22.5 Å². The molecular weight excluding hydrogens is 448 g/mol. The number of aromatic nitrogens is 2. The highest BCUT2D eigenvalue weighted by Crippen LogP contribution is 2.38. The molecule has 0 saturated carbocycles. The fourth-order valence-corrected chi connectivity index (χ4v) is 3.47. The number of hydrogen-bond acceptors (Lipinski definition) is 7. The Balaban J connectivity index is 1.88. The Bertz CT molecular complexity index is 1520. The molecule has 0 amide bonds. The molecule has 0 bridgehead atoms. The van der Waals surface area contributed by atoms with Gasteiger partial charge in [-0.05, 0) is 25.1 Å². The van der Waals surface area contributed by atoms with E-state index in [4.69, 9.17) is 15.9 Å². The maximum atomic E-state index is 13.3. The van der Waals surface area contributed by atoms with Crippen LogP contribution in [0.2, 0.25) is 0 Å². The molecule has 0 aliphatic carbocycles. The number of para-hydroxylation sites is 1. The molecule has 0 fully saturated rings. The minimum absolute atomic E-state index is 0.0681. The molecule has 0 aliphatic heterocycles. The number of nitro groups is 1. The molecule has 1 aromatic heterocycles. The summed E-state index contributed by atoms with van der Waals surface area (Å²) in [5.74, 6) is 2.69. The van der Waals surface area contributed by atoms with Crippen LogP contribution < -0.4 is 15.0 Å². The minimum Gasteiger partial charge on any atom is -0.490 e. The molecule has 1 heterocycles. The molecule has 9 heteroatoms. The van der Waals surface area contributed by atoms with Crippen molar-refractivity contribution in [1.29, 1.82) is 0 Å². The van der Waals surface area contributed by atoms with Crippen molar-refractivity contribution in [2.45, 2.75) is 6.92 Å². The van der Waals surface area contributed by atoms with E-state index in [0.29, 0.717) is 27.9 Å². The van der Waals surface area contributed by atoms with Gasteiger partial charge in [0.1, 0.15) is 6.61 Å². The first-order chi connectivity index (χ1) is 17.0. The van der Waals surface area contributed by atoms with Gasteiger partial charge in [-0.25, -0.2) is 4.98 Å². The van der Waals surface area contributed by atoms with Crippen molar-refractivity contribution < 1.29 is 14.4 Å². The summed E-state index contributed by atoms with van der Waals surface area (Å²) in [5, 5.41) is 16.5. The molecule has 4 rings (SSSR count). The monoisotopic (exact) mass is 468 g/mol. The van der Waals surface area contributed by atoms with Gasteiger partial charge in [-0.1, -0.05) is 48.4 Å². The van der Waals surface area contributed by atoms with Gasteiger partial charge in [0, 0.05) is 17.2 Å². The van der Waals surface area contributed by atoms with Crippen LogP contribution in [0.4, 0.5) is 5.69 Å². The maximum absolute atomic E-state index is 13.3. The largest absolute Gasteiger partial charge is 0.490 e. The molecule has 174 valence electrons. The molecule has 3 aromatic carbocycles. The zero-order valence-corrected chi connectivity index (χ0v) is 18.7. The Labute approximate surface area is 200 Å². The second kappa shape index (κ2) is 10.3. The van der Waals surface area contributed by atoms with Gasteiger partial charge in [0.2, 0.25) is 5.75 Å². The van der Waals surface area contributed by atoms with Crippen LogP contribution in [0.25, 0.3) is 22.3 Å². The van der Waals surface area contributed by atoms with Crippen molar-refractivity contribution in [1.82, 2.24) is 9.66 Å². The number of nitro benzene ring substituents is 1. The average molecular weight is 468 g/mol. The number of nitrogens with zero attached hydrogens (tertiary/aromatic N) is 4. The molecule has 0 N–H and O–H groups in total. The third-order valence-electron chi connectivity index (χ3n) is 4.96. The lowest BCUT2D eigenvalue weighted by molar-refractivity contribution is -0.385. The molecule has 35 heavy (non-hydrogen) atoms. The Morgan fingerprint density at radius 1 is 1.14 bits per heavy atom. The number of terminal acetylenes is 1. The van der Waals surface area contributed by atoms with Crippen molar-refractivity contribution >= 4 is 22.8 Å². The lowest BCUT2D eigenvalue weighted by atomic mass is 10.1. The normalized spacial score (nSPS) is 10.9. The first-order valence-corrected chi connectivity index (χ1v) is 10.7. The van der Waals surface area contributed by atoms with Crippen LogP contribution in [0.15, 0.2) is 76.6 Å². The summed E-state index contributed by atoms with van der Waals surface area (Å²) in [7, 11) is 0. The van der Waals surface area contributed by atoms with Crippen molar-refractivity contribution in [3.63, 3.8) is 0 Å². The highest BCUT2D eigenvalue weighted by Gasteiger charge is 2.22. The second-order valence-corrected chi connectivity index (χ2v) is 7.23. The van der Waals surface area contributed by atoms with Crippen molar-refractivity contribution in [2.24, 2.45) is 5.10 Å². The molecule has 4 aromatic rings. The van der Waals surface area contributed by atoms with Crippen molar-refractivity contribution in [3.8, 4) is 35.2 Å². The summed E-state index contributed by atoms with van der Waals surface area (Å²) in [4.78, 5) is 29.1. The maximum Gasteiger partial charge on any atom is 0.315 e. The number of ether oxygens (including phenoxy) is 2. The van der Waals surface area contributed by atoms with Crippen molar-refractivity contribution in [3.05, 3.63) is 92.8 Å². The fraction of sp³-hybridized carbons (Fsp3) is 0.115. The van der Waals surface area contributed by atoms with Gasteiger partial charge >= 0.3 is 5.69 Å². The number of rotatable bonds is 8. The van der Waals surface area contributed by atoms with Crippen LogP contribution in [-0.4, -0.2) is 34.0 Å². The fourth-order valence-electron chi connectivity index (χ4n) is 3.47. The standard InChI is InChI=1S/C26H20N4O5/c1-3-14-35-24-22(30(32)33)15-18(16-23(24)34-4-2)17-27-29-25(19-10-6-5-7-11-19)28-21-13-9-8-12-20(21)26(29)31/h1,5-13,15-17H,4,14H2,2H3. The quantitative estimate of drug-likeness (QED) is 0.165. The van der Waals surface area contributed by atoms with Crippen LogP contribution in [0.3, 0.4) is 0 Å². The van der Waals surface area contributed by atoms with Gasteiger partial charge in [-0.3, -0.25) is 14.9 Å². The van der Waals surface area contributed by atoms with E-state index < -0.39 is 4.92 Å². The number of hydrogen-bond donors (Lipinski definition) is 0. The average Bonchev–Trinajstić information content (AvgIpc) is 2.87. The van der Waals surface area contributed by atoms with Crippen LogP contribution in [0.1, 0.15) is 12.5 Å². The third-order valence-corrected chi connectivity index (χ3v) is 4.96. The first-order valence-electron chi connectivity index (χ1n) is 10.7. The van der Waals surface area contributed by atoms with E-state index in [1.165, 1.54) is 23.0 Å².